The Morgan fingerprint density at radius 1 is 0.921 bits per heavy atom. The largest absolute Gasteiger partial charge is 0.476 e. The maximum atomic E-state index is 12.9. The van der Waals surface area contributed by atoms with Gasteiger partial charge in [0, 0.05) is 13.6 Å². The average molecular weight is 512 g/mol. The van der Waals surface area contributed by atoms with E-state index >= 15 is 0 Å². The van der Waals surface area contributed by atoms with Crippen LogP contribution in [0, 0.1) is 6.92 Å². The first-order valence-corrected chi connectivity index (χ1v) is 12.6. The van der Waals surface area contributed by atoms with Gasteiger partial charge in [0.25, 0.3) is 5.91 Å². The second kappa shape index (κ2) is 11.3. The van der Waals surface area contributed by atoms with Crippen LogP contribution < -0.4 is 10.1 Å². The van der Waals surface area contributed by atoms with Gasteiger partial charge in [-0.3, -0.25) is 9.48 Å². The molecule has 0 unspecified atom stereocenters. The molecular weight excluding hydrogens is 478 g/mol. The highest BCUT2D eigenvalue weighted by atomic mass is 16.6. The van der Waals surface area contributed by atoms with Crippen molar-refractivity contribution in [3.8, 4) is 28.1 Å². The van der Waals surface area contributed by atoms with Crippen LogP contribution in [0.4, 0.5) is 0 Å². The molecule has 0 saturated heterocycles. The van der Waals surface area contributed by atoms with Crippen LogP contribution in [0.3, 0.4) is 0 Å². The predicted octanol–water partition coefficient (Wildman–Crippen LogP) is 5.71. The van der Waals surface area contributed by atoms with E-state index in [1.54, 1.807) is 37.6 Å². The quantitative estimate of drug-likeness (QED) is 0.291. The summed E-state index contributed by atoms with van der Waals surface area (Å²) in [6.45, 7) is 7.64. The van der Waals surface area contributed by atoms with E-state index in [9.17, 15) is 9.59 Å². The van der Waals surface area contributed by atoms with Gasteiger partial charge in [-0.25, -0.2) is 4.79 Å². The van der Waals surface area contributed by atoms with Crippen LogP contribution in [0.5, 0.6) is 5.75 Å². The Morgan fingerprint density at radius 3 is 2.24 bits per heavy atom. The molecule has 0 atom stereocenters. The standard InChI is InChI=1S/C31H33N3O4/c1-6-37-30(36)31(3,4)38-28-17-12-22(18-21(28)2)20-32-29(35)26-19-27(34(5)33-26)25-15-13-24(14-16-25)23-10-8-7-9-11-23/h7-19H,6,20H2,1-5H3,(H,32,35). The Balaban J connectivity index is 1.40. The molecule has 7 heteroatoms. The third kappa shape index (κ3) is 6.11. The summed E-state index contributed by atoms with van der Waals surface area (Å²) >= 11 is 0. The molecule has 0 bridgehead atoms. The highest BCUT2D eigenvalue weighted by Gasteiger charge is 2.32. The summed E-state index contributed by atoms with van der Waals surface area (Å²) in [7, 11) is 1.83. The lowest BCUT2D eigenvalue weighted by molar-refractivity contribution is -0.158. The molecule has 3 aromatic carbocycles. The van der Waals surface area contributed by atoms with Crippen LogP contribution in [0.1, 0.15) is 42.4 Å². The number of benzene rings is 3. The Kier molecular flexibility index (Phi) is 7.96. The smallest absolute Gasteiger partial charge is 0.349 e. The Morgan fingerprint density at radius 2 is 1.58 bits per heavy atom. The lowest BCUT2D eigenvalue weighted by Gasteiger charge is -2.25. The highest BCUT2D eigenvalue weighted by Crippen LogP contribution is 2.26. The predicted molar refractivity (Wildman–Crippen MR) is 148 cm³/mol. The minimum atomic E-state index is -1.10. The summed E-state index contributed by atoms with van der Waals surface area (Å²) in [5.41, 5.74) is 5.13. The number of hydrogen-bond donors (Lipinski definition) is 1. The second-order valence-electron chi connectivity index (χ2n) is 9.60. The van der Waals surface area contributed by atoms with E-state index in [0.29, 0.717) is 24.6 Å². The van der Waals surface area contributed by atoms with Crippen LogP contribution in [0.15, 0.2) is 78.9 Å². The molecule has 38 heavy (non-hydrogen) atoms. The maximum Gasteiger partial charge on any atom is 0.349 e. The van der Waals surface area contributed by atoms with Crippen molar-refractivity contribution in [1.29, 1.82) is 0 Å². The monoisotopic (exact) mass is 511 g/mol. The summed E-state index contributed by atoms with van der Waals surface area (Å²) in [5.74, 6) is -0.0856. The fraction of sp³-hybridized carbons (Fsp3) is 0.258. The molecule has 1 N–H and O–H groups in total. The highest BCUT2D eigenvalue weighted by molar-refractivity contribution is 5.93. The minimum absolute atomic E-state index is 0.255. The van der Waals surface area contributed by atoms with Crippen molar-refractivity contribution in [3.05, 3.63) is 95.7 Å². The van der Waals surface area contributed by atoms with Gasteiger partial charge in [-0.05, 0) is 67.6 Å². The average Bonchev–Trinajstić information content (AvgIpc) is 3.31. The molecule has 0 aliphatic heterocycles. The van der Waals surface area contributed by atoms with Crippen molar-refractivity contribution in [2.45, 2.75) is 39.8 Å². The first-order valence-electron chi connectivity index (χ1n) is 12.6. The molecule has 4 aromatic rings. The number of esters is 1. The number of ether oxygens (including phenoxy) is 2. The van der Waals surface area contributed by atoms with Crippen LogP contribution in [-0.2, 0) is 23.1 Å². The molecule has 0 radical (unpaired) electrons. The van der Waals surface area contributed by atoms with Gasteiger partial charge in [0.2, 0.25) is 0 Å². The molecule has 1 heterocycles. The number of amides is 1. The summed E-state index contributed by atoms with van der Waals surface area (Å²) in [5, 5.41) is 7.36. The molecule has 0 aliphatic carbocycles. The van der Waals surface area contributed by atoms with Gasteiger partial charge in [-0.1, -0.05) is 66.7 Å². The number of aryl methyl sites for hydroxylation is 2. The van der Waals surface area contributed by atoms with Gasteiger partial charge in [-0.2, -0.15) is 5.10 Å². The Bertz CT molecular complexity index is 1420. The van der Waals surface area contributed by atoms with Gasteiger partial charge < -0.3 is 14.8 Å². The number of carbonyl (C=O) groups excluding carboxylic acids is 2. The van der Waals surface area contributed by atoms with E-state index in [1.165, 1.54) is 0 Å². The van der Waals surface area contributed by atoms with Gasteiger partial charge in [0.15, 0.2) is 11.3 Å². The first-order chi connectivity index (χ1) is 18.2. The Hall–Kier alpha value is -4.39. The molecule has 0 fully saturated rings. The number of nitrogens with one attached hydrogen (secondary N) is 1. The van der Waals surface area contributed by atoms with Crippen LogP contribution in [-0.4, -0.2) is 33.9 Å². The van der Waals surface area contributed by atoms with Gasteiger partial charge >= 0.3 is 5.97 Å². The summed E-state index contributed by atoms with van der Waals surface area (Å²) in [4.78, 5) is 25.0. The third-order valence-corrected chi connectivity index (χ3v) is 6.22. The van der Waals surface area contributed by atoms with E-state index in [4.69, 9.17) is 9.47 Å². The molecular formula is C31H33N3O4. The van der Waals surface area contributed by atoms with E-state index in [-0.39, 0.29) is 5.91 Å². The van der Waals surface area contributed by atoms with Gasteiger partial charge in [0.05, 0.1) is 12.3 Å². The lowest BCUT2D eigenvalue weighted by Crippen LogP contribution is -2.39. The van der Waals surface area contributed by atoms with Crippen molar-refractivity contribution in [3.63, 3.8) is 0 Å². The van der Waals surface area contributed by atoms with E-state index in [2.05, 4.69) is 34.7 Å². The summed E-state index contributed by atoms with van der Waals surface area (Å²) in [6, 6.07) is 25.8. The number of rotatable bonds is 9. The zero-order valence-corrected chi connectivity index (χ0v) is 22.4. The van der Waals surface area contributed by atoms with Crippen LogP contribution >= 0.6 is 0 Å². The number of nitrogens with zero attached hydrogens (tertiary/aromatic N) is 2. The molecule has 0 saturated carbocycles. The van der Waals surface area contributed by atoms with Crippen molar-refractivity contribution in [2.24, 2.45) is 7.05 Å². The number of hydrogen-bond acceptors (Lipinski definition) is 5. The zero-order chi connectivity index (χ0) is 27.3. The molecule has 1 aromatic heterocycles. The van der Waals surface area contributed by atoms with Crippen molar-refractivity contribution >= 4 is 11.9 Å². The van der Waals surface area contributed by atoms with Gasteiger partial charge in [-0.15, -0.1) is 0 Å². The van der Waals surface area contributed by atoms with E-state index < -0.39 is 11.6 Å². The fourth-order valence-corrected chi connectivity index (χ4v) is 4.14. The zero-order valence-electron chi connectivity index (χ0n) is 22.4. The molecule has 0 aliphatic rings. The van der Waals surface area contributed by atoms with E-state index in [0.717, 1.165) is 33.5 Å². The molecule has 7 nitrogen and oxygen atoms in total. The lowest BCUT2D eigenvalue weighted by atomic mass is 10.0. The number of aromatic nitrogens is 2. The van der Waals surface area contributed by atoms with Crippen molar-refractivity contribution in [1.82, 2.24) is 15.1 Å². The van der Waals surface area contributed by atoms with Crippen molar-refractivity contribution in [2.75, 3.05) is 6.61 Å². The van der Waals surface area contributed by atoms with E-state index in [1.807, 2.05) is 56.4 Å². The molecule has 1 amide bonds. The maximum absolute atomic E-state index is 12.9. The third-order valence-electron chi connectivity index (χ3n) is 6.22. The van der Waals surface area contributed by atoms with Crippen LogP contribution in [0.25, 0.3) is 22.4 Å². The summed E-state index contributed by atoms with van der Waals surface area (Å²) in [6.07, 6.45) is 0. The first kappa shape index (κ1) is 26.7. The molecule has 4 rings (SSSR count). The van der Waals surface area contributed by atoms with Gasteiger partial charge in [0.1, 0.15) is 5.75 Å². The summed E-state index contributed by atoms with van der Waals surface area (Å²) < 4.78 is 12.7. The van der Waals surface area contributed by atoms with Crippen LogP contribution in [0.2, 0.25) is 0 Å². The molecule has 0 spiro atoms. The topological polar surface area (TPSA) is 82.5 Å². The minimum Gasteiger partial charge on any atom is -0.476 e. The number of carbonyl (C=O) groups is 2. The van der Waals surface area contributed by atoms with Crippen molar-refractivity contribution < 1.29 is 19.1 Å². The fourth-order valence-electron chi connectivity index (χ4n) is 4.14. The SMILES string of the molecule is CCOC(=O)C(C)(C)Oc1ccc(CNC(=O)c2cc(-c3ccc(-c4ccccc4)cc3)n(C)n2)cc1C. The Labute approximate surface area is 223 Å². The second-order valence-corrected chi connectivity index (χ2v) is 9.60. The molecule has 196 valence electrons. The normalized spacial score (nSPS) is 11.2.